The molecule has 0 bridgehead atoms. The number of carbonyl (C=O) groups excluding carboxylic acids is 2. The number of ether oxygens (including phenoxy) is 2. The molecular formula is C30H36ClN3O6S. The van der Waals surface area contributed by atoms with Crippen molar-refractivity contribution in [1.82, 2.24) is 10.2 Å². The highest BCUT2D eigenvalue weighted by atomic mass is 35.5. The maximum absolute atomic E-state index is 14.0. The summed E-state index contributed by atoms with van der Waals surface area (Å²) in [5.74, 6) is -0.0724. The van der Waals surface area contributed by atoms with Gasteiger partial charge in [-0.05, 0) is 68.3 Å². The number of anilines is 1. The molecule has 0 aliphatic carbocycles. The number of rotatable bonds is 13. The molecule has 3 aromatic rings. The number of nitrogens with one attached hydrogen (secondary N) is 1. The van der Waals surface area contributed by atoms with Gasteiger partial charge in [0.15, 0.2) is 0 Å². The van der Waals surface area contributed by atoms with E-state index in [1.165, 1.54) is 36.3 Å². The van der Waals surface area contributed by atoms with Gasteiger partial charge >= 0.3 is 0 Å². The van der Waals surface area contributed by atoms with Crippen molar-refractivity contribution in [2.75, 3.05) is 31.6 Å². The van der Waals surface area contributed by atoms with Gasteiger partial charge in [-0.25, -0.2) is 8.42 Å². The van der Waals surface area contributed by atoms with Crippen molar-refractivity contribution in [3.05, 3.63) is 82.9 Å². The Morgan fingerprint density at radius 3 is 2.22 bits per heavy atom. The highest BCUT2D eigenvalue weighted by Gasteiger charge is 2.34. The summed E-state index contributed by atoms with van der Waals surface area (Å²) in [6.45, 7) is 5.30. The summed E-state index contributed by atoms with van der Waals surface area (Å²) in [5.41, 5.74) is 1.72. The molecule has 0 aliphatic heterocycles. The van der Waals surface area contributed by atoms with Crippen molar-refractivity contribution in [3.8, 4) is 11.5 Å². The topological polar surface area (TPSA) is 105 Å². The third kappa shape index (κ3) is 7.92. The van der Waals surface area contributed by atoms with E-state index in [4.69, 9.17) is 21.1 Å². The van der Waals surface area contributed by atoms with Crippen molar-refractivity contribution >= 4 is 39.1 Å². The summed E-state index contributed by atoms with van der Waals surface area (Å²) in [4.78, 5) is 28.4. The molecule has 1 atom stereocenters. The minimum atomic E-state index is -4.26. The molecule has 0 fully saturated rings. The molecule has 3 rings (SSSR count). The zero-order valence-electron chi connectivity index (χ0n) is 23.9. The van der Waals surface area contributed by atoms with Gasteiger partial charge in [-0.3, -0.25) is 13.9 Å². The normalized spacial score (nSPS) is 11.9. The SMILES string of the molecule is CCCNC(=O)[C@@H](C)N(Cc1ccc(OC)cc1)C(=O)CN(c1cc(Cl)ccc1OC)S(=O)(=O)c1ccc(C)cc1. The predicted molar refractivity (Wildman–Crippen MR) is 160 cm³/mol. The first-order valence-corrected chi connectivity index (χ1v) is 15.0. The summed E-state index contributed by atoms with van der Waals surface area (Å²) in [6.07, 6.45) is 0.724. The standard InChI is InChI=1S/C30H36ClN3O6S/c1-6-17-32-30(36)22(3)33(19-23-9-12-25(39-4)13-10-23)29(35)20-34(27-18-24(31)11-16-28(27)40-5)41(37,38)26-14-7-21(2)8-15-26/h7-16,18,22H,6,17,19-20H2,1-5H3,(H,32,36)/t22-/m1/s1. The summed E-state index contributed by atoms with van der Waals surface area (Å²) in [5, 5.41) is 3.09. The molecule has 0 saturated heterocycles. The van der Waals surface area contributed by atoms with Crippen LogP contribution in [0.5, 0.6) is 11.5 Å². The molecule has 0 radical (unpaired) electrons. The van der Waals surface area contributed by atoms with Gasteiger partial charge in [-0.15, -0.1) is 0 Å². The number of amides is 2. The monoisotopic (exact) mass is 601 g/mol. The van der Waals surface area contributed by atoms with E-state index >= 15 is 0 Å². The summed E-state index contributed by atoms with van der Waals surface area (Å²) in [7, 11) is -1.30. The molecule has 1 N–H and O–H groups in total. The Hall–Kier alpha value is -3.76. The fourth-order valence-electron chi connectivity index (χ4n) is 4.12. The second-order valence-electron chi connectivity index (χ2n) is 9.48. The minimum Gasteiger partial charge on any atom is -0.497 e. The Labute approximate surface area is 247 Å². The fraction of sp³-hybridized carbons (Fsp3) is 0.333. The van der Waals surface area contributed by atoms with E-state index < -0.39 is 28.5 Å². The first kappa shape index (κ1) is 31.8. The number of nitrogens with zero attached hydrogens (tertiary/aromatic N) is 2. The number of sulfonamides is 1. The summed E-state index contributed by atoms with van der Waals surface area (Å²) < 4.78 is 39.7. The van der Waals surface area contributed by atoms with Crippen LogP contribution in [-0.4, -0.2) is 58.5 Å². The smallest absolute Gasteiger partial charge is 0.264 e. The molecule has 41 heavy (non-hydrogen) atoms. The molecule has 11 heteroatoms. The highest BCUT2D eigenvalue weighted by molar-refractivity contribution is 7.92. The van der Waals surface area contributed by atoms with Gasteiger partial charge in [-0.2, -0.15) is 0 Å². The third-order valence-corrected chi connectivity index (χ3v) is 8.53. The van der Waals surface area contributed by atoms with E-state index in [0.29, 0.717) is 12.3 Å². The first-order chi connectivity index (χ1) is 19.5. The number of hydrogen-bond acceptors (Lipinski definition) is 6. The molecule has 0 heterocycles. The lowest BCUT2D eigenvalue weighted by atomic mass is 10.1. The molecule has 0 aliphatic rings. The van der Waals surface area contributed by atoms with Crippen LogP contribution in [0.1, 0.15) is 31.4 Å². The van der Waals surface area contributed by atoms with E-state index in [-0.39, 0.29) is 33.8 Å². The highest BCUT2D eigenvalue weighted by Crippen LogP contribution is 2.35. The lowest BCUT2D eigenvalue weighted by Crippen LogP contribution is -2.51. The zero-order chi connectivity index (χ0) is 30.2. The van der Waals surface area contributed by atoms with E-state index in [2.05, 4.69) is 5.32 Å². The van der Waals surface area contributed by atoms with Crippen LogP contribution in [0, 0.1) is 6.92 Å². The van der Waals surface area contributed by atoms with Crippen LogP contribution in [0.4, 0.5) is 5.69 Å². The average Bonchev–Trinajstić information content (AvgIpc) is 2.97. The maximum Gasteiger partial charge on any atom is 0.264 e. The van der Waals surface area contributed by atoms with Crippen LogP contribution in [0.3, 0.4) is 0 Å². The van der Waals surface area contributed by atoms with Crippen molar-refractivity contribution in [2.45, 2.75) is 44.7 Å². The van der Waals surface area contributed by atoms with Gasteiger partial charge in [0.25, 0.3) is 10.0 Å². The number of halogens is 1. The van der Waals surface area contributed by atoms with Crippen molar-refractivity contribution in [3.63, 3.8) is 0 Å². The van der Waals surface area contributed by atoms with Gasteiger partial charge in [-0.1, -0.05) is 48.4 Å². The van der Waals surface area contributed by atoms with Crippen molar-refractivity contribution < 1.29 is 27.5 Å². The number of methoxy groups -OCH3 is 2. The van der Waals surface area contributed by atoms with Gasteiger partial charge in [0.2, 0.25) is 11.8 Å². The van der Waals surface area contributed by atoms with Crippen LogP contribution in [-0.2, 0) is 26.2 Å². The predicted octanol–water partition coefficient (Wildman–Crippen LogP) is 4.80. The summed E-state index contributed by atoms with van der Waals surface area (Å²) in [6, 6.07) is 17.1. The van der Waals surface area contributed by atoms with Crippen LogP contribution in [0.25, 0.3) is 0 Å². The Bertz CT molecular complexity index is 1450. The third-order valence-electron chi connectivity index (χ3n) is 6.53. The number of aryl methyl sites for hydroxylation is 1. The minimum absolute atomic E-state index is 0.00614. The van der Waals surface area contributed by atoms with E-state index in [0.717, 1.165) is 21.9 Å². The Balaban J connectivity index is 2.08. The van der Waals surface area contributed by atoms with Crippen molar-refractivity contribution in [1.29, 1.82) is 0 Å². The van der Waals surface area contributed by atoms with Crippen LogP contribution in [0.15, 0.2) is 71.6 Å². The van der Waals surface area contributed by atoms with Gasteiger partial charge < -0.3 is 19.7 Å². The number of carbonyl (C=O) groups is 2. The van der Waals surface area contributed by atoms with Gasteiger partial charge in [0.05, 0.1) is 24.8 Å². The average molecular weight is 602 g/mol. The zero-order valence-corrected chi connectivity index (χ0v) is 25.5. The van der Waals surface area contributed by atoms with Crippen LogP contribution >= 0.6 is 11.6 Å². The largest absolute Gasteiger partial charge is 0.497 e. The van der Waals surface area contributed by atoms with Crippen LogP contribution < -0.4 is 19.1 Å². The lowest BCUT2D eigenvalue weighted by Gasteiger charge is -2.32. The molecule has 0 aromatic heterocycles. The lowest BCUT2D eigenvalue weighted by molar-refractivity contribution is -0.139. The van der Waals surface area contributed by atoms with E-state index in [1.807, 2.05) is 13.8 Å². The molecular weight excluding hydrogens is 566 g/mol. The molecule has 0 saturated carbocycles. The molecule has 0 spiro atoms. The Morgan fingerprint density at radius 1 is 0.976 bits per heavy atom. The first-order valence-electron chi connectivity index (χ1n) is 13.1. The Morgan fingerprint density at radius 2 is 1.63 bits per heavy atom. The molecule has 0 unspecified atom stereocenters. The Kier molecular flexibility index (Phi) is 11.0. The van der Waals surface area contributed by atoms with Crippen LogP contribution in [0.2, 0.25) is 5.02 Å². The molecule has 9 nitrogen and oxygen atoms in total. The quantitative estimate of drug-likeness (QED) is 0.302. The summed E-state index contributed by atoms with van der Waals surface area (Å²) >= 11 is 6.27. The number of hydrogen-bond donors (Lipinski definition) is 1. The second-order valence-corrected chi connectivity index (χ2v) is 11.8. The maximum atomic E-state index is 14.0. The van der Waals surface area contributed by atoms with Crippen molar-refractivity contribution in [2.24, 2.45) is 0 Å². The molecule has 3 aromatic carbocycles. The van der Waals surface area contributed by atoms with Gasteiger partial charge in [0.1, 0.15) is 24.1 Å². The molecule has 2 amide bonds. The fourth-order valence-corrected chi connectivity index (χ4v) is 5.70. The van der Waals surface area contributed by atoms with Gasteiger partial charge in [0, 0.05) is 18.1 Å². The van der Waals surface area contributed by atoms with E-state index in [9.17, 15) is 18.0 Å². The number of benzene rings is 3. The molecule has 220 valence electrons. The van der Waals surface area contributed by atoms with E-state index in [1.54, 1.807) is 56.5 Å². The second kappa shape index (κ2) is 14.2.